The van der Waals surface area contributed by atoms with E-state index in [0.29, 0.717) is 44.4 Å². The average molecular weight is 554 g/mol. The molecule has 2 aromatic heterocycles. The summed E-state index contributed by atoms with van der Waals surface area (Å²) in [6, 6.07) is 10.8. The van der Waals surface area contributed by atoms with Crippen molar-refractivity contribution in [2.24, 2.45) is 5.92 Å². The van der Waals surface area contributed by atoms with Crippen molar-refractivity contribution < 1.29 is 14.3 Å². The predicted molar refractivity (Wildman–Crippen MR) is 148 cm³/mol. The van der Waals surface area contributed by atoms with Crippen molar-refractivity contribution in [1.29, 1.82) is 0 Å². The molecule has 2 aliphatic rings. The number of carbonyl (C=O) groups is 1. The highest BCUT2D eigenvalue weighted by atomic mass is 35.5. The Morgan fingerprint density at radius 2 is 2.08 bits per heavy atom. The molecule has 7 nitrogen and oxygen atoms in total. The summed E-state index contributed by atoms with van der Waals surface area (Å²) in [6.07, 6.45) is 2.91. The largest absolute Gasteiger partial charge is 0.454 e. The van der Waals surface area contributed by atoms with Gasteiger partial charge in [0.15, 0.2) is 16.7 Å². The lowest BCUT2D eigenvalue weighted by molar-refractivity contribution is -0.113. The number of halogens is 1. The standard InChI is InChI=1S/C27H24ClN3O4S2/c1-14-3-7-18-22(9-14)37-25-24(18)26(33)31(17-6-4-15(2)19(28)11-17)27(30-25)36-12-23(32)29-16-5-8-20-21(10-16)35-13-34-20/h4-6,8,10-11,14H,3,7,9,12-13H2,1-2H3,(H,29,32). The third kappa shape index (κ3) is 4.60. The van der Waals surface area contributed by atoms with Gasteiger partial charge in [0, 0.05) is 21.7 Å². The molecule has 1 aliphatic carbocycles. The van der Waals surface area contributed by atoms with Gasteiger partial charge in [-0.1, -0.05) is 36.4 Å². The molecule has 37 heavy (non-hydrogen) atoms. The zero-order valence-corrected chi connectivity index (χ0v) is 22.7. The summed E-state index contributed by atoms with van der Waals surface area (Å²) in [6.45, 7) is 4.33. The van der Waals surface area contributed by atoms with Crippen LogP contribution in [0.3, 0.4) is 0 Å². The number of anilines is 1. The topological polar surface area (TPSA) is 82.5 Å². The SMILES string of the molecule is Cc1ccc(-n2c(SCC(=O)Nc3ccc4c(c3)OCO4)nc3sc4c(c3c2=O)CCC(C)C4)cc1Cl. The van der Waals surface area contributed by atoms with Crippen LogP contribution in [0.4, 0.5) is 5.69 Å². The van der Waals surface area contributed by atoms with Crippen LogP contribution in [0.1, 0.15) is 29.3 Å². The van der Waals surface area contributed by atoms with E-state index >= 15 is 0 Å². The number of nitrogens with zero attached hydrogens (tertiary/aromatic N) is 2. The Labute approximate surface area is 226 Å². The van der Waals surface area contributed by atoms with Crippen LogP contribution in [-0.2, 0) is 17.6 Å². The second-order valence-corrected chi connectivity index (χ2v) is 11.8. The number of amides is 1. The summed E-state index contributed by atoms with van der Waals surface area (Å²) in [7, 11) is 0. The number of aryl methyl sites for hydroxylation is 2. The number of fused-ring (bicyclic) bond motifs is 4. The molecule has 0 spiro atoms. The van der Waals surface area contributed by atoms with Crippen LogP contribution < -0.4 is 20.3 Å². The third-order valence-electron chi connectivity index (χ3n) is 6.70. The smallest absolute Gasteiger partial charge is 0.267 e. The van der Waals surface area contributed by atoms with E-state index < -0.39 is 0 Å². The molecule has 0 saturated heterocycles. The van der Waals surface area contributed by atoms with Gasteiger partial charge in [0.2, 0.25) is 12.7 Å². The van der Waals surface area contributed by atoms with Crippen LogP contribution in [0.25, 0.3) is 15.9 Å². The molecule has 3 heterocycles. The Morgan fingerprint density at radius 1 is 1.24 bits per heavy atom. The minimum Gasteiger partial charge on any atom is -0.454 e. The molecule has 10 heteroatoms. The second kappa shape index (κ2) is 9.70. The second-order valence-electron chi connectivity index (χ2n) is 9.41. The third-order valence-corrected chi connectivity index (χ3v) is 9.19. The molecular formula is C27H24ClN3O4S2. The summed E-state index contributed by atoms with van der Waals surface area (Å²) in [5, 5.41) is 4.61. The van der Waals surface area contributed by atoms with Crippen LogP contribution >= 0.6 is 34.7 Å². The van der Waals surface area contributed by atoms with Crippen molar-refractivity contribution >= 4 is 56.5 Å². The number of rotatable bonds is 5. The number of aromatic nitrogens is 2. The van der Waals surface area contributed by atoms with Gasteiger partial charge in [-0.15, -0.1) is 11.3 Å². The first-order valence-electron chi connectivity index (χ1n) is 12.0. The molecule has 6 rings (SSSR count). The molecule has 0 saturated carbocycles. The molecule has 1 aliphatic heterocycles. The molecule has 2 aromatic carbocycles. The van der Waals surface area contributed by atoms with Gasteiger partial charge in [-0.2, -0.15) is 0 Å². The fourth-order valence-electron chi connectivity index (χ4n) is 4.72. The monoisotopic (exact) mass is 553 g/mol. The molecule has 190 valence electrons. The van der Waals surface area contributed by atoms with E-state index in [0.717, 1.165) is 35.2 Å². The highest BCUT2D eigenvalue weighted by Gasteiger charge is 2.25. The fraction of sp³-hybridized carbons (Fsp3) is 0.296. The maximum atomic E-state index is 14.0. The highest BCUT2D eigenvalue weighted by Crippen LogP contribution is 2.37. The molecule has 1 unspecified atom stereocenters. The van der Waals surface area contributed by atoms with E-state index in [4.69, 9.17) is 26.1 Å². The number of thiophene rings is 1. The molecular weight excluding hydrogens is 530 g/mol. The Hall–Kier alpha value is -3.01. The lowest BCUT2D eigenvalue weighted by atomic mass is 9.89. The molecule has 0 bridgehead atoms. The van der Waals surface area contributed by atoms with E-state index in [2.05, 4.69) is 12.2 Å². The Kier molecular flexibility index (Phi) is 6.38. The van der Waals surface area contributed by atoms with Gasteiger partial charge < -0.3 is 14.8 Å². The molecule has 0 radical (unpaired) electrons. The minimum absolute atomic E-state index is 0.0775. The van der Waals surface area contributed by atoms with Gasteiger partial charge in [0.25, 0.3) is 5.56 Å². The predicted octanol–water partition coefficient (Wildman–Crippen LogP) is 5.99. The van der Waals surface area contributed by atoms with Crippen LogP contribution in [0.2, 0.25) is 5.02 Å². The number of carbonyl (C=O) groups excluding carboxylic acids is 1. The van der Waals surface area contributed by atoms with Gasteiger partial charge in [-0.25, -0.2) is 4.98 Å². The van der Waals surface area contributed by atoms with E-state index in [-0.39, 0.29) is 24.0 Å². The van der Waals surface area contributed by atoms with E-state index in [1.54, 1.807) is 40.2 Å². The summed E-state index contributed by atoms with van der Waals surface area (Å²) >= 11 is 9.26. The average Bonchev–Trinajstić information content (AvgIpc) is 3.48. The summed E-state index contributed by atoms with van der Waals surface area (Å²) < 4.78 is 12.3. The molecule has 1 N–H and O–H groups in total. The van der Waals surface area contributed by atoms with Crippen molar-refractivity contribution in [3.05, 3.63) is 67.8 Å². The Balaban J connectivity index is 1.35. The lowest BCUT2D eigenvalue weighted by Gasteiger charge is -2.18. The van der Waals surface area contributed by atoms with Crippen LogP contribution in [0.5, 0.6) is 11.5 Å². The molecule has 4 aromatic rings. The normalized spacial score (nSPS) is 16.1. The maximum absolute atomic E-state index is 14.0. The molecule has 1 atom stereocenters. The highest BCUT2D eigenvalue weighted by molar-refractivity contribution is 7.99. The Morgan fingerprint density at radius 3 is 2.92 bits per heavy atom. The van der Waals surface area contributed by atoms with Crippen molar-refractivity contribution in [3.8, 4) is 17.2 Å². The molecule has 1 amide bonds. The first-order valence-corrected chi connectivity index (χ1v) is 14.2. The van der Waals surface area contributed by atoms with Crippen LogP contribution in [0.15, 0.2) is 46.3 Å². The maximum Gasteiger partial charge on any atom is 0.267 e. The first-order chi connectivity index (χ1) is 17.9. The van der Waals surface area contributed by atoms with E-state index in [1.807, 2.05) is 19.1 Å². The van der Waals surface area contributed by atoms with Gasteiger partial charge >= 0.3 is 0 Å². The number of hydrogen-bond donors (Lipinski definition) is 1. The molecule has 0 fully saturated rings. The zero-order valence-electron chi connectivity index (χ0n) is 20.3. The number of ether oxygens (including phenoxy) is 2. The van der Waals surface area contributed by atoms with Crippen LogP contribution in [-0.4, -0.2) is 28.0 Å². The lowest BCUT2D eigenvalue weighted by Crippen LogP contribution is -2.23. The summed E-state index contributed by atoms with van der Waals surface area (Å²) in [5.41, 5.74) is 3.18. The first kappa shape index (κ1) is 24.3. The van der Waals surface area contributed by atoms with Gasteiger partial charge in [-0.3, -0.25) is 14.2 Å². The Bertz CT molecular complexity index is 1610. The number of thioether (sulfide) groups is 1. The van der Waals surface area contributed by atoms with Gasteiger partial charge in [0.05, 0.1) is 16.8 Å². The van der Waals surface area contributed by atoms with E-state index in [1.165, 1.54) is 16.6 Å². The minimum atomic E-state index is -0.217. The number of benzene rings is 2. The summed E-state index contributed by atoms with van der Waals surface area (Å²) in [4.78, 5) is 33.7. The van der Waals surface area contributed by atoms with Gasteiger partial charge in [0.1, 0.15) is 4.83 Å². The number of hydrogen-bond acceptors (Lipinski definition) is 7. The van der Waals surface area contributed by atoms with Crippen molar-refractivity contribution in [1.82, 2.24) is 9.55 Å². The van der Waals surface area contributed by atoms with E-state index in [9.17, 15) is 9.59 Å². The quantitative estimate of drug-likeness (QED) is 0.241. The summed E-state index contributed by atoms with van der Waals surface area (Å²) in [5.74, 6) is 1.70. The zero-order chi connectivity index (χ0) is 25.7. The number of nitrogens with one attached hydrogen (secondary N) is 1. The van der Waals surface area contributed by atoms with Gasteiger partial charge in [-0.05, 0) is 67.5 Å². The van der Waals surface area contributed by atoms with Crippen molar-refractivity contribution in [2.45, 2.75) is 38.3 Å². The fourth-order valence-corrected chi connectivity index (χ4v) is 7.13. The van der Waals surface area contributed by atoms with Crippen molar-refractivity contribution in [3.63, 3.8) is 0 Å². The van der Waals surface area contributed by atoms with Crippen LogP contribution in [0, 0.1) is 12.8 Å². The van der Waals surface area contributed by atoms with Crippen molar-refractivity contribution in [2.75, 3.05) is 17.9 Å².